The number of aromatic nitrogens is 4. The highest BCUT2D eigenvalue weighted by Gasteiger charge is 2.22. The normalized spacial score (nSPS) is 15.4. The fourth-order valence-corrected chi connectivity index (χ4v) is 4.73. The number of nitrogens with one attached hydrogen (secondary N) is 2. The summed E-state index contributed by atoms with van der Waals surface area (Å²) in [5, 5.41) is 4.18. The Kier molecular flexibility index (Phi) is 4.29. The lowest BCUT2D eigenvalue weighted by atomic mass is 10.1. The molecule has 142 valence electrons. The number of hydrogen-bond donors (Lipinski definition) is 2. The first kappa shape index (κ1) is 17.3. The summed E-state index contributed by atoms with van der Waals surface area (Å²) in [4.78, 5) is 33.4. The van der Waals surface area contributed by atoms with Crippen molar-refractivity contribution < 1.29 is 0 Å². The van der Waals surface area contributed by atoms with Crippen molar-refractivity contribution in [2.24, 2.45) is 0 Å². The van der Waals surface area contributed by atoms with Gasteiger partial charge >= 0.3 is 11.1 Å². The number of rotatable bonds is 3. The van der Waals surface area contributed by atoms with Gasteiger partial charge in [0.25, 0.3) is 0 Å². The number of piperidine rings is 1. The highest BCUT2D eigenvalue weighted by Crippen LogP contribution is 2.30. The standard InChI is InChI=1S/C20H19N5O2S/c26-19-20(27)25(13-6-9-21-10-7-13)17-15-8-11-24(18(15)22-12-16(17)23-19)28-14-4-2-1-3-5-14/h1-5,8,11-13,21H,6-7,9-10H2,(H,23,26). The Hall–Kier alpha value is -2.84. The van der Waals surface area contributed by atoms with E-state index < -0.39 is 11.1 Å². The second-order valence-electron chi connectivity index (χ2n) is 6.91. The first-order chi connectivity index (χ1) is 13.7. The molecule has 0 spiro atoms. The zero-order valence-corrected chi connectivity index (χ0v) is 15.9. The van der Waals surface area contributed by atoms with Crippen molar-refractivity contribution >= 4 is 34.0 Å². The molecular formula is C20H19N5O2S. The number of H-pyrrole nitrogens is 1. The lowest BCUT2D eigenvalue weighted by molar-refractivity contribution is 0.368. The van der Waals surface area contributed by atoms with Gasteiger partial charge in [-0.1, -0.05) is 18.2 Å². The molecule has 0 radical (unpaired) electrons. The van der Waals surface area contributed by atoms with Crippen LogP contribution in [-0.2, 0) is 0 Å². The lowest BCUT2D eigenvalue weighted by Gasteiger charge is -2.26. The minimum absolute atomic E-state index is 0.00859. The second-order valence-corrected chi connectivity index (χ2v) is 7.96. The van der Waals surface area contributed by atoms with Crippen molar-refractivity contribution in [3.8, 4) is 0 Å². The van der Waals surface area contributed by atoms with Crippen molar-refractivity contribution in [2.45, 2.75) is 23.8 Å². The fourth-order valence-electron chi connectivity index (χ4n) is 3.87. The summed E-state index contributed by atoms with van der Waals surface area (Å²) in [5.74, 6) is 0. The summed E-state index contributed by atoms with van der Waals surface area (Å²) >= 11 is 1.57. The quantitative estimate of drug-likeness (QED) is 0.523. The number of hydrogen-bond acceptors (Lipinski definition) is 5. The van der Waals surface area contributed by atoms with Gasteiger partial charge in [-0.25, -0.2) is 4.98 Å². The molecule has 1 aromatic carbocycles. The summed E-state index contributed by atoms with van der Waals surface area (Å²) in [5.41, 5.74) is 1.04. The minimum Gasteiger partial charge on any atom is -0.317 e. The molecule has 1 saturated heterocycles. The van der Waals surface area contributed by atoms with Crippen LogP contribution in [0.1, 0.15) is 18.9 Å². The summed E-state index contributed by atoms with van der Waals surface area (Å²) in [7, 11) is 0. The van der Waals surface area contributed by atoms with E-state index in [1.807, 2.05) is 46.6 Å². The molecule has 0 aliphatic carbocycles. The van der Waals surface area contributed by atoms with Crippen molar-refractivity contribution in [1.29, 1.82) is 0 Å². The Labute approximate surface area is 164 Å². The van der Waals surface area contributed by atoms with Gasteiger partial charge in [0.15, 0.2) is 5.65 Å². The number of fused-ring (bicyclic) bond motifs is 3. The third-order valence-corrected chi connectivity index (χ3v) is 6.15. The van der Waals surface area contributed by atoms with E-state index in [1.54, 1.807) is 22.7 Å². The van der Waals surface area contributed by atoms with Crippen molar-refractivity contribution in [3.63, 3.8) is 0 Å². The molecule has 0 saturated carbocycles. The SMILES string of the molecule is O=c1[nH]c2cnc3c(ccn3Sc3ccccc3)c2n(C2CCNCC2)c1=O. The molecule has 4 heterocycles. The third kappa shape index (κ3) is 2.85. The number of pyridine rings is 1. The largest absolute Gasteiger partial charge is 0.317 e. The Bertz CT molecular complexity index is 1270. The van der Waals surface area contributed by atoms with Gasteiger partial charge in [0.05, 0.1) is 17.2 Å². The van der Waals surface area contributed by atoms with Gasteiger partial charge in [-0.3, -0.25) is 18.1 Å². The summed E-state index contributed by atoms with van der Waals surface area (Å²) in [6.07, 6.45) is 5.25. The molecule has 0 atom stereocenters. The second kappa shape index (κ2) is 6.96. The number of benzene rings is 1. The van der Waals surface area contributed by atoms with E-state index >= 15 is 0 Å². The monoisotopic (exact) mass is 393 g/mol. The van der Waals surface area contributed by atoms with Crippen LogP contribution in [-0.4, -0.2) is 31.6 Å². The molecule has 7 nitrogen and oxygen atoms in total. The van der Waals surface area contributed by atoms with E-state index in [-0.39, 0.29) is 6.04 Å². The van der Waals surface area contributed by atoms with Gasteiger partial charge in [0.1, 0.15) is 0 Å². The maximum atomic E-state index is 12.8. The molecule has 28 heavy (non-hydrogen) atoms. The Morgan fingerprint density at radius 2 is 1.86 bits per heavy atom. The van der Waals surface area contributed by atoms with Gasteiger partial charge in [0, 0.05) is 22.5 Å². The number of aromatic amines is 1. The van der Waals surface area contributed by atoms with Crippen LogP contribution in [0.4, 0.5) is 0 Å². The first-order valence-corrected chi connectivity index (χ1v) is 10.1. The smallest absolute Gasteiger partial charge is 0.317 e. The third-order valence-electron chi connectivity index (χ3n) is 5.18. The van der Waals surface area contributed by atoms with E-state index in [0.717, 1.165) is 47.4 Å². The van der Waals surface area contributed by atoms with E-state index in [1.165, 1.54) is 0 Å². The van der Waals surface area contributed by atoms with Crippen molar-refractivity contribution in [2.75, 3.05) is 13.1 Å². The summed E-state index contributed by atoms with van der Waals surface area (Å²) in [6, 6.07) is 12.0. The molecular weight excluding hydrogens is 374 g/mol. The molecule has 3 aromatic heterocycles. The predicted octanol–water partition coefficient (Wildman–Crippen LogP) is 2.52. The Morgan fingerprint density at radius 3 is 2.64 bits per heavy atom. The molecule has 1 fully saturated rings. The minimum atomic E-state index is -0.592. The zero-order chi connectivity index (χ0) is 19.1. The van der Waals surface area contributed by atoms with E-state index in [2.05, 4.69) is 15.3 Å². The maximum absolute atomic E-state index is 12.8. The van der Waals surface area contributed by atoms with E-state index in [0.29, 0.717) is 5.52 Å². The molecule has 5 rings (SSSR count). The topological polar surface area (TPSA) is 84.7 Å². The molecule has 1 aliphatic heterocycles. The molecule has 0 amide bonds. The zero-order valence-electron chi connectivity index (χ0n) is 15.1. The predicted molar refractivity (Wildman–Crippen MR) is 111 cm³/mol. The average molecular weight is 393 g/mol. The summed E-state index contributed by atoms with van der Waals surface area (Å²) in [6.45, 7) is 1.68. The van der Waals surface area contributed by atoms with Crippen molar-refractivity contribution in [3.05, 3.63) is 69.5 Å². The highest BCUT2D eigenvalue weighted by atomic mass is 32.2. The molecule has 0 unspecified atom stereocenters. The molecule has 2 N–H and O–H groups in total. The molecule has 8 heteroatoms. The van der Waals surface area contributed by atoms with Crippen LogP contribution in [0.3, 0.4) is 0 Å². The van der Waals surface area contributed by atoms with Gasteiger partial charge in [0.2, 0.25) is 0 Å². The Balaban J connectivity index is 1.74. The van der Waals surface area contributed by atoms with Crippen LogP contribution in [0.25, 0.3) is 22.1 Å². The number of nitrogens with zero attached hydrogens (tertiary/aromatic N) is 3. The van der Waals surface area contributed by atoms with Gasteiger partial charge in [-0.15, -0.1) is 0 Å². The van der Waals surface area contributed by atoms with E-state index in [4.69, 9.17) is 0 Å². The highest BCUT2D eigenvalue weighted by molar-refractivity contribution is 7.98. The Morgan fingerprint density at radius 1 is 1.07 bits per heavy atom. The summed E-state index contributed by atoms with van der Waals surface area (Å²) < 4.78 is 3.68. The van der Waals surface area contributed by atoms with Crippen LogP contribution < -0.4 is 16.4 Å². The van der Waals surface area contributed by atoms with Crippen molar-refractivity contribution in [1.82, 2.24) is 23.8 Å². The molecule has 0 bridgehead atoms. The molecule has 1 aliphatic rings. The molecule has 4 aromatic rings. The van der Waals surface area contributed by atoms with Crippen LogP contribution >= 0.6 is 11.9 Å². The first-order valence-electron chi connectivity index (χ1n) is 9.31. The van der Waals surface area contributed by atoms with Gasteiger partial charge < -0.3 is 10.3 Å². The van der Waals surface area contributed by atoms with Gasteiger partial charge in [-0.2, -0.15) is 0 Å². The van der Waals surface area contributed by atoms with Gasteiger partial charge in [-0.05, 0) is 56.1 Å². The maximum Gasteiger partial charge on any atom is 0.317 e. The lowest BCUT2D eigenvalue weighted by Crippen LogP contribution is -2.41. The van der Waals surface area contributed by atoms with Crippen LogP contribution in [0.2, 0.25) is 0 Å². The van der Waals surface area contributed by atoms with Crippen LogP contribution in [0.15, 0.2) is 63.3 Å². The fraction of sp³-hybridized carbons (Fsp3) is 0.250. The van der Waals surface area contributed by atoms with E-state index in [9.17, 15) is 9.59 Å². The van der Waals surface area contributed by atoms with Crippen LogP contribution in [0, 0.1) is 0 Å². The average Bonchev–Trinajstić information content (AvgIpc) is 3.13. The van der Waals surface area contributed by atoms with Crippen LogP contribution in [0.5, 0.6) is 0 Å².